The number of esters is 1. The lowest BCUT2D eigenvalue weighted by atomic mass is 9.94. The van der Waals surface area contributed by atoms with Crippen molar-refractivity contribution in [2.75, 3.05) is 18.1 Å². The molecule has 2 atom stereocenters. The predicted octanol–water partition coefficient (Wildman–Crippen LogP) is 5.89. The Morgan fingerprint density at radius 3 is 2.58 bits per heavy atom. The van der Waals surface area contributed by atoms with E-state index in [4.69, 9.17) is 33.3 Å². The molecule has 1 aliphatic heterocycles. The fourth-order valence-corrected chi connectivity index (χ4v) is 4.89. The topological polar surface area (TPSA) is 72.9 Å². The number of Topliss-reactive ketones (excluding diaryl/α,β-unsaturated/α-hetero) is 1. The third-order valence-electron chi connectivity index (χ3n) is 5.27. The van der Waals surface area contributed by atoms with Gasteiger partial charge in [0.1, 0.15) is 5.78 Å². The number of carbonyl (C=O) groups is 3. The molecule has 1 aromatic carbocycles. The zero-order chi connectivity index (χ0) is 24.8. The largest absolute Gasteiger partial charge is 0.479 e. The predicted molar refractivity (Wildman–Crippen MR) is 137 cm³/mol. The Balaban J connectivity index is 1.95. The first kappa shape index (κ1) is 27.6. The molecule has 2 rings (SSSR count). The quantitative estimate of drug-likeness (QED) is 0.231. The molecule has 33 heavy (non-hydrogen) atoms. The summed E-state index contributed by atoms with van der Waals surface area (Å²) in [6.07, 6.45) is 1.59. The third-order valence-corrected chi connectivity index (χ3v) is 6.82. The Hall–Kier alpha value is -1.64. The molecule has 0 aliphatic carbocycles. The highest BCUT2D eigenvalue weighted by atomic mass is 35.5. The van der Waals surface area contributed by atoms with E-state index >= 15 is 0 Å². The summed E-state index contributed by atoms with van der Waals surface area (Å²) in [5.41, 5.74) is 0.619. The van der Waals surface area contributed by atoms with Gasteiger partial charge in [-0.05, 0) is 81.9 Å². The molecule has 1 heterocycles. The number of carbonyl (C=O) groups excluding carboxylic acids is 3. The van der Waals surface area contributed by atoms with E-state index in [1.54, 1.807) is 31.7 Å². The van der Waals surface area contributed by atoms with Crippen molar-refractivity contribution in [1.29, 1.82) is 0 Å². The molecule has 6 nitrogen and oxygen atoms in total. The smallest absolute Gasteiger partial charge is 0.312 e. The number of halogens is 1. The summed E-state index contributed by atoms with van der Waals surface area (Å²) >= 11 is 12.5. The molecule has 0 saturated carbocycles. The average Bonchev–Trinajstić information content (AvgIpc) is 3.07. The van der Waals surface area contributed by atoms with E-state index in [2.05, 4.69) is 0 Å². The van der Waals surface area contributed by atoms with Gasteiger partial charge in [0.25, 0.3) is 0 Å². The standard InChI is InChI=1S/C24H32ClNO5S2/c1-6-30-23(32)33-21(31-22(29)24(3,4)5)12-10-18(28)9-7-16-14-26(15(2)27)20-11-8-17(25)13-19(16)20/h8,11,13,16,21H,6-7,9-10,12,14H2,1-5H3. The molecule has 0 spiro atoms. The number of amides is 1. The SMILES string of the molecule is CCOC(=S)SC(CCC(=O)CCC1CN(C(C)=O)c2ccc(Cl)cc21)OC(=O)C(C)(C)C. The molecule has 0 bridgehead atoms. The Morgan fingerprint density at radius 2 is 1.97 bits per heavy atom. The maximum atomic E-state index is 12.7. The van der Waals surface area contributed by atoms with Crippen LogP contribution in [0.5, 0.6) is 0 Å². The van der Waals surface area contributed by atoms with Crippen molar-refractivity contribution in [3.63, 3.8) is 0 Å². The van der Waals surface area contributed by atoms with Crippen LogP contribution in [0.15, 0.2) is 18.2 Å². The van der Waals surface area contributed by atoms with E-state index in [1.807, 2.05) is 19.1 Å². The van der Waals surface area contributed by atoms with Gasteiger partial charge in [0.2, 0.25) is 10.3 Å². The van der Waals surface area contributed by atoms with Crippen LogP contribution in [0.2, 0.25) is 5.02 Å². The highest BCUT2D eigenvalue weighted by molar-refractivity contribution is 8.22. The lowest BCUT2D eigenvalue weighted by Crippen LogP contribution is -2.28. The number of ether oxygens (including phenoxy) is 2. The molecule has 0 aromatic heterocycles. The van der Waals surface area contributed by atoms with E-state index < -0.39 is 10.9 Å². The maximum absolute atomic E-state index is 12.7. The van der Waals surface area contributed by atoms with Crippen LogP contribution < -0.4 is 4.90 Å². The summed E-state index contributed by atoms with van der Waals surface area (Å²) in [6.45, 7) is 9.66. The van der Waals surface area contributed by atoms with Gasteiger partial charge in [-0.2, -0.15) is 0 Å². The van der Waals surface area contributed by atoms with Crippen molar-refractivity contribution < 1.29 is 23.9 Å². The van der Waals surface area contributed by atoms with Gasteiger partial charge in [-0.3, -0.25) is 14.4 Å². The van der Waals surface area contributed by atoms with Crippen molar-refractivity contribution in [2.24, 2.45) is 5.41 Å². The number of rotatable bonds is 9. The highest BCUT2D eigenvalue weighted by Gasteiger charge is 2.32. The Morgan fingerprint density at radius 1 is 1.27 bits per heavy atom. The zero-order valence-electron chi connectivity index (χ0n) is 19.8. The molecule has 0 N–H and O–H groups in total. The number of nitrogens with zero attached hydrogens (tertiary/aromatic N) is 1. The summed E-state index contributed by atoms with van der Waals surface area (Å²) in [5, 5.41) is 0.612. The summed E-state index contributed by atoms with van der Waals surface area (Å²) in [4.78, 5) is 38.8. The second kappa shape index (κ2) is 12.2. The van der Waals surface area contributed by atoms with Crippen LogP contribution >= 0.6 is 35.6 Å². The summed E-state index contributed by atoms with van der Waals surface area (Å²) in [7, 11) is 0. The first-order valence-corrected chi connectivity index (χ1v) is 12.7. The molecule has 0 saturated heterocycles. The average molecular weight is 514 g/mol. The fourth-order valence-electron chi connectivity index (χ4n) is 3.50. The minimum Gasteiger partial charge on any atom is -0.479 e. The van der Waals surface area contributed by atoms with E-state index in [0.717, 1.165) is 23.0 Å². The molecule has 0 fully saturated rings. The minimum atomic E-state index is -0.657. The van der Waals surface area contributed by atoms with E-state index in [-0.39, 0.29) is 30.0 Å². The zero-order valence-corrected chi connectivity index (χ0v) is 22.2. The van der Waals surface area contributed by atoms with Crippen LogP contribution in [-0.4, -0.2) is 40.6 Å². The van der Waals surface area contributed by atoms with Gasteiger partial charge in [0.05, 0.1) is 12.0 Å². The maximum Gasteiger partial charge on any atom is 0.312 e. The lowest BCUT2D eigenvalue weighted by Gasteiger charge is -2.23. The molecule has 0 radical (unpaired) electrons. The molecular weight excluding hydrogens is 482 g/mol. The molecule has 1 aliphatic rings. The Bertz CT molecular complexity index is 899. The second-order valence-corrected chi connectivity index (χ2v) is 11.2. The second-order valence-electron chi connectivity index (χ2n) is 9.03. The van der Waals surface area contributed by atoms with E-state index in [9.17, 15) is 14.4 Å². The van der Waals surface area contributed by atoms with Crippen molar-refractivity contribution >= 4 is 63.3 Å². The summed E-state index contributed by atoms with van der Waals surface area (Å²) in [6, 6.07) is 5.50. The molecular formula is C24H32ClNO5S2. The molecule has 9 heteroatoms. The molecule has 1 aromatic rings. The number of hydrogen-bond donors (Lipinski definition) is 0. The number of fused-ring (bicyclic) bond motifs is 1. The van der Waals surface area contributed by atoms with Crippen molar-refractivity contribution in [3.05, 3.63) is 28.8 Å². The molecule has 182 valence electrons. The van der Waals surface area contributed by atoms with Crippen LogP contribution in [0.3, 0.4) is 0 Å². The highest BCUT2D eigenvalue weighted by Crippen LogP contribution is 2.40. The number of ketones is 1. The number of thiocarbonyl (C=S) groups is 1. The van der Waals surface area contributed by atoms with Gasteiger partial charge in [-0.1, -0.05) is 11.6 Å². The Kier molecular flexibility index (Phi) is 10.2. The first-order valence-electron chi connectivity index (χ1n) is 11.1. The fraction of sp³-hybridized carbons (Fsp3) is 0.583. The van der Waals surface area contributed by atoms with Crippen LogP contribution in [-0.2, 0) is 23.9 Å². The van der Waals surface area contributed by atoms with Gasteiger partial charge in [-0.15, -0.1) is 0 Å². The minimum absolute atomic E-state index is 0.0294. The van der Waals surface area contributed by atoms with Gasteiger partial charge >= 0.3 is 5.97 Å². The monoisotopic (exact) mass is 513 g/mol. The van der Waals surface area contributed by atoms with Gasteiger partial charge in [-0.25, -0.2) is 0 Å². The summed E-state index contributed by atoms with van der Waals surface area (Å²) < 4.78 is 11.2. The number of benzene rings is 1. The van der Waals surface area contributed by atoms with E-state index in [1.165, 1.54) is 6.92 Å². The Labute approximate surface area is 210 Å². The third kappa shape index (κ3) is 8.26. The summed E-state index contributed by atoms with van der Waals surface area (Å²) in [5.74, 6) is -0.255. The number of anilines is 1. The van der Waals surface area contributed by atoms with Gasteiger partial charge in [0.15, 0.2) is 5.44 Å². The van der Waals surface area contributed by atoms with Gasteiger partial charge < -0.3 is 14.4 Å². The van der Waals surface area contributed by atoms with Crippen LogP contribution in [0.4, 0.5) is 5.69 Å². The molecule has 1 amide bonds. The van der Waals surface area contributed by atoms with Crippen LogP contribution in [0.25, 0.3) is 0 Å². The van der Waals surface area contributed by atoms with Crippen LogP contribution in [0.1, 0.15) is 71.8 Å². The van der Waals surface area contributed by atoms with E-state index in [0.29, 0.717) is 41.8 Å². The van der Waals surface area contributed by atoms with Crippen LogP contribution in [0, 0.1) is 5.41 Å². The first-order chi connectivity index (χ1) is 15.4. The van der Waals surface area contributed by atoms with Crippen molar-refractivity contribution in [3.8, 4) is 0 Å². The molecule has 2 unspecified atom stereocenters. The van der Waals surface area contributed by atoms with Crippen molar-refractivity contribution in [1.82, 2.24) is 0 Å². The van der Waals surface area contributed by atoms with Crippen molar-refractivity contribution in [2.45, 2.75) is 71.7 Å². The normalized spacial score (nSPS) is 16.2. The number of hydrogen-bond acceptors (Lipinski definition) is 7. The lowest BCUT2D eigenvalue weighted by molar-refractivity contribution is -0.155. The number of thioether (sulfide) groups is 1. The van der Waals surface area contributed by atoms with Gasteiger partial charge in [0, 0.05) is 49.4 Å².